The molecule has 1 aromatic carbocycles. The first kappa shape index (κ1) is 9.02. The van der Waals surface area contributed by atoms with Crippen LogP contribution in [-0.2, 0) is 0 Å². The van der Waals surface area contributed by atoms with E-state index in [1.54, 1.807) is 7.11 Å². The van der Waals surface area contributed by atoms with Crippen molar-refractivity contribution in [3.8, 4) is 21.4 Å². The first-order chi connectivity index (χ1) is 6.79. The number of ether oxygens (including phenoxy) is 1. The summed E-state index contributed by atoms with van der Waals surface area (Å²) in [4.78, 5) is 4.07. The highest BCUT2D eigenvalue weighted by molar-refractivity contribution is 7.16. The molecule has 0 aliphatic heterocycles. The second-order valence-electron chi connectivity index (χ2n) is 2.73. The van der Waals surface area contributed by atoms with E-state index in [9.17, 15) is 0 Å². The van der Waals surface area contributed by atoms with Crippen molar-refractivity contribution in [1.29, 1.82) is 0 Å². The molecule has 0 bridgehead atoms. The summed E-state index contributed by atoms with van der Waals surface area (Å²) in [7, 11) is 1.63. The summed E-state index contributed by atoms with van der Waals surface area (Å²) in [6.45, 7) is 0. The normalized spacial score (nSPS) is 10.1. The zero-order valence-electron chi connectivity index (χ0n) is 7.60. The number of rotatable bonds is 2. The van der Waals surface area contributed by atoms with Gasteiger partial charge in [0, 0.05) is 5.56 Å². The molecule has 1 N–H and O–H groups in total. The van der Waals surface area contributed by atoms with Gasteiger partial charge in [0.05, 0.1) is 13.3 Å². The van der Waals surface area contributed by atoms with E-state index < -0.39 is 0 Å². The molecule has 0 aliphatic carbocycles. The van der Waals surface area contributed by atoms with Crippen molar-refractivity contribution < 1.29 is 9.84 Å². The first-order valence-corrected chi connectivity index (χ1v) is 4.90. The van der Waals surface area contributed by atoms with Gasteiger partial charge in [-0.15, -0.1) is 0 Å². The summed E-state index contributed by atoms with van der Waals surface area (Å²) < 4.78 is 5.04. The second kappa shape index (κ2) is 3.67. The van der Waals surface area contributed by atoms with E-state index >= 15 is 0 Å². The molecule has 0 amide bonds. The largest absolute Gasteiger partial charge is 0.498 e. The van der Waals surface area contributed by atoms with Crippen LogP contribution in [0.25, 0.3) is 10.6 Å². The Morgan fingerprint density at radius 2 is 2.00 bits per heavy atom. The molecule has 0 atom stereocenters. The molecule has 0 spiro atoms. The number of benzene rings is 1. The Morgan fingerprint density at radius 3 is 2.50 bits per heavy atom. The van der Waals surface area contributed by atoms with Crippen molar-refractivity contribution >= 4 is 11.3 Å². The summed E-state index contributed by atoms with van der Waals surface area (Å²) >= 11 is 1.26. The van der Waals surface area contributed by atoms with Crippen molar-refractivity contribution in [2.24, 2.45) is 0 Å². The molecule has 0 radical (unpaired) electrons. The van der Waals surface area contributed by atoms with Gasteiger partial charge in [-0.3, -0.25) is 0 Å². The Morgan fingerprint density at radius 1 is 1.29 bits per heavy atom. The third-order valence-corrected chi connectivity index (χ3v) is 2.68. The van der Waals surface area contributed by atoms with Gasteiger partial charge in [0.15, 0.2) is 5.06 Å². The molecule has 2 rings (SSSR count). The van der Waals surface area contributed by atoms with Gasteiger partial charge in [0.1, 0.15) is 10.8 Å². The number of nitrogens with zero attached hydrogens (tertiary/aromatic N) is 1. The number of methoxy groups -OCH3 is 1. The van der Waals surface area contributed by atoms with Gasteiger partial charge in [0.2, 0.25) is 0 Å². The molecule has 1 heterocycles. The van der Waals surface area contributed by atoms with E-state index in [0.717, 1.165) is 16.3 Å². The molecule has 1 aromatic heterocycles. The number of thiazole rings is 1. The SMILES string of the molecule is COc1ccc(-c2ncc(O)s2)cc1. The highest BCUT2D eigenvalue weighted by Crippen LogP contribution is 2.29. The summed E-state index contributed by atoms with van der Waals surface area (Å²) in [6, 6.07) is 7.57. The Bertz CT molecular complexity index is 422. The minimum Gasteiger partial charge on any atom is -0.498 e. The second-order valence-corrected chi connectivity index (χ2v) is 3.74. The fraction of sp³-hybridized carbons (Fsp3) is 0.100. The number of aromatic nitrogens is 1. The van der Waals surface area contributed by atoms with Crippen molar-refractivity contribution in [2.75, 3.05) is 7.11 Å². The maximum absolute atomic E-state index is 9.15. The van der Waals surface area contributed by atoms with Crippen LogP contribution in [0.5, 0.6) is 10.8 Å². The first-order valence-electron chi connectivity index (χ1n) is 4.09. The Balaban J connectivity index is 2.33. The summed E-state index contributed by atoms with van der Waals surface area (Å²) in [5, 5.41) is 10.2. The Hall–Kier alpha value is -1.55. The maximum Gasteiger partial charge on any atom is 0.192 e. The van der Waals surface area contributed by atoms with Crippen LogP contribution in [-0.4, -0.2) is 17.2 Å². The zero-order chi connectivity index (χ0) is 9.97. The highest BCUT2D eigenvalue weighted by Gasteiger charge is 2.03. The predicted molar refractivity (Wildman–Crippen MR) is 55.8 cm³/mol. The molecule has 3 nitrogen and oxygen atoms in total. The number of hydrogen-bond acceptors (Lipinski definition) is 4. The van der Waals surface area contributed by atoms with E-state index in [-0.39, 0.29) is 5.06 Å². The third-order valence-electron chi connectivity index (χ3n) is 1.83. The van der Waals surface area contributed by atoms with E-state index in [1.807, 2.05) is 24.3 Å². The van der Waals surface area contributed by atoms with Crippen LogP contribution in [0.2, 0.25) is 0 Å². The van der Waals surface area contributed by atoms with Gasteiger partial charge in [-0.25, -0.2) is 4.98 Å². The van der Waals surface area contributed by atoms with Gasteiger partial charge in [-0.2, -0.15) is 0 Å². The Labute approximate surface area is 85.6 Å². The standard InChI is InChI=1S/C10H9NO2S/c1-13-8-4-2-7(3-5-8)10-11-6-9(12)14-10/h2-6,12H,1H3. The molecule has 0 unspecified atom stereocenters. The summed E-state index contributed by atoms with van der Waals surface area (Å²) in [5.74, 6) is 0.814. The van der Waals surface area contributed by atoms with Crippen LogP contribution >= 0.6 is 11.3 Å². The van der Waals surface area contributed by atoms with Crippen molar-refractivity contribution in [3.63, 3.8) is 0 Å². The maximum atomic E-state index is 9.15. The van der Waals surface area contributed by atoms with Crippen LogP contribution in [0.4, 0.5) is 0 Å². The molecule has 0 fully saturated rings. The molecule has 0 aliphatic rings. The minimum atomic E-state index is 0.232. The molecule has 4 heteroatoms. The lowest BCUT2D eigenvalue weighted by Crippen LogP contribution is -1.81. The molecule has 72 valence electrons. The van der Waals surface area contributed by atoms with Gasteiger partial charge >= 0.3 is 0 Å². The van der Waals surface area contributed by atoms with Crippen LogP contribution in [0.1, 0.15) is 0 Å². The van der Waals surface area contributed by atoms with Crippen molar-refractivity contribution in [3.05, 3.63) is 30.5 Å². The molecule has 0 saturated carbocycles. The lowest BCUT2D eigenvalue weighted by molar-refractivity contribution is 0.415. The fourth-order valence-corrected chi connectivity index (χ4v) is 1.80. The van der Waals surface area contributed by atoms with Gasteiger partial charge in [-0.05, 0) is 24.3 Å². The topological polar surface area (TPSA) is 42.4 Å². The quantitative estimate of drug-likeness (QED) is 0.822. The molecular formula is C10H9NO2S. The van der Waals surface area contributed by atoms with E-state index in [1.165, 1.54) is 17.5 Å². The molecule has 0 saturated heterocycles. The van der Waals surface area contributed by atoms with Gasteiger partial charge in [-0.1, -0.05) is 11.3 Å². The fourth-order valence-electron chi connectivity index (χ4n) is 1.13. The van der Waals surface area contributed by atoms with E-state index in [0.29, 0.717) is 0 Å². The summed E-state index contributed by atoms with van der Waals surface area (Å²) in [6.07, 6.45) is 1.45. The monoisotopic (exact) mass is 207 g/mol. The predicted octanol–water partition coefficient (Wildman–Crippen LogP) is 2.52. The average Bonchev–Trinajstić information content (AvgIpc) is 2.65. The third kappa shape index (κ3) is 1.70. The average molecular weight is 207 g/mol. The van der Waals surface area contributed by atoms with E-state index in [4.69, 9.17) is 9.84 Å². The smallest absolute Gasteiger partial charge is 0.192 e. The lowest BCUT2D eigenvalue weighted by atomic mass is 10.2. The zero-order valence-corrected chi connectivity index (χ0v) is 8.41. The highest BCUT2D eigenvalue weighted by atomic mass is 32.1. The lowest BCUT2D eigenvalue weighted by Gasteiger charge is -1.99. The van der Waals surface area contributed by atoms with Crippen LogP contribution < -0.4 is 4.74 Å². The van der Waals surface area contributed by atoms with Crippen molar-refractivity contribution in [2.45, 2.75) is 0 Å². The van der Waals surface area contributed by atoms with Gasteiger partial charge in [0.25, 0.3) is 0 Å². The minimum absolute atomic E-state index is 0.232. The van der Waals surface area contributed by atoms with Crippen LogP contribution in [0, 0.1) is 0 Å². The van der Waals surface area contributed by atoms with Crippen molar-refractivity contribution in [1.82, 2.24) is 4.98 Å². The molecular weight excluding hydrogens is 198 g/mol. The van der Waals surface area contributed by atoms with Crippen LogP contribution in [0.15, 0.2) is 30.5 Å². The van der Waals surface area contributed by atoms with E-state index in [2.05, 4.69) is 4.98 Å². The molecule has 2 aromatic rings. The Kier molecular flexibility index (Phi) is 2.37. The number of aromatic hydroxyl groups is 1. The number of hydrogen-bond donors (Lipinski definition) is 1. The molecule has 14 heavy (non-hydrogen) atoms. The summed E-state index contributed by atoms with van der Waals surface area (Å²) in [5.41, 5.74) is 0.983. The van der Waals surface area contributed by atoms with Crippen LogP contribution in [0.3, 0.4) is 0 Å². The van der Waals surface area contributed by atoms with Gasteiger partial charge < -0.3 is 9.84 Å².